The Labute approximate surface area is 174 Å². The number of hydrogen-bond acceptors (Lipinski definition) is 5. The number of nitrogens with two attached hydrogens (primary N) is 1. The van der Waals surface area contributed by atoms with E-state index in [1.54, 1.807) is 24.7 Å². The predicted molar refractivity (Wildman–Crippen MR) is 113 cm³/mol. The fourth-order valence-electron chi connectivity index (χ4n) is 3.54. The summed E-state index contributed by atoms with van der Waals surface area (Å²) in [5.74, 6) is 0.372. The number of carbonyl (C=O) groups is 2. The third-order valence-electron chi connectivity index (χ3n) is 5.11. The molecule has 4 rings (SSSR count). The number of nitrogens with zero attached hydrogens (tertiary/aromatic N) is 4. The largest absolute Gasteiger partial charge is 0.351 e. The number of aryl methyl sites for hydroxylation is 1. The van der Waals surface area contributed by atoms with Crippen molar-refractivity contribution in [3.05, 3.63) is 71.9 Å². The van der Waals surface area contributed by atoms with E-state index in [-0.39, 0.29) is 11.9 Å². The molecule has 0 saturated heterocycles. The summed E-state index contributed by atoms with van der Waals surface area (Å²) in [5.41, 5.74) is 9.26. The van der Waals surface area contributed by atoms with Crippen molar-refractivity contribution < 1.29 is 9.59 Å². The molecule has 3 aromatic rings. The molecule has 3 N–H and O–H groups in total. The quantitative estimate of drug-likeness (QED) is 0.696. The number of pyridine rings is 3. The van der Waals surface area contributed by atoms with Crippen molar-refractivity contribution in [2.45, 2.75) is 25.8 Å². The van der Waals surface area contributed by atoms with Crippen LogP contribution in [0.15, 0.2) is 55.1 Å². The Balaban J connectivity index is 1.56. The highest BCUT2D eigenvalue weighted by Gasteiger charge is 2.22. The number of amides is 3. The molecule has 3 amide bonds. The highest BCUT2D eigenvalue weighted by Crippen LogP contribution is 2.29. The van der Waals surface area contributed by atoms with Gasteiger partial charge < -0.3 is 11.1 Å². The molecule has 0 aliphatic carbocycles. The molecule has 1 atom stereocenters. The first-order valence-corrected chi connectivity index (χ1v) is 9.76. The van der Waals surface area contributed by atoms with Crippen LogP contribution in [0.5, 0.6) is 0 Å². The number of nitrogens with one attached hydrogen (secondary N) is 1. The average Bonchev–Trinajstić information content (AvgIpc) is 2.78. The van der Waals surface area contributed by atoms with Crippen molar-refractivity contribution in [2.75, 3.05) is 11.4 Å². The van der Waals surface area contributed by atoms with E-state index in [0.29, 0.717) is 17.9 Å². The fourth-order valence-corrected chi connectivity index (χ4v) is 3.54. The summed E-state index contributed by atoms with van der Waals surface area (Å²) in [6, 6.07) is 8.62. The number of carbonyl (C=O) groups excluding carboxylic acids is 2. The van der Waals surface area contributed by atoms with Gasteiger partial charge in [0.15, 0.2) is 0 Å². The predicted octanol–water partition coefficient (Wildman–Crippen LogP) is 2.86. The standard InChI is InChI=1S/C22H22N6O2/c1-14(19-6-2-3-7-25-19)27-21(29)18-10-16(11-24-12-18)17-9-15-5-4-8-28(22(23)30)20(15)26-13-17/h2-3,6-7,9-14H,4-5,8H2,1H3,(H2,23,30)(H,27,29). The molecule has 0 fully saturated rings. The number of fused-ring (bicyclic) bond motifs is 1. The summed E-state index contributed by atoms with van der Waals surface area (Å²) < 4.78 is 0. The van der Waals surface area contributed by atoms with Crippen LogP contribution in [0.25, 0.3) is 11.1 Å². The highest BCUT2D eigenvalue weighted by atomic mass is 16.2. The molecule has 0 radical (unpaired) electrons. The van der Waals surface area contributed by atoms with Crippen molar-refractivity contribution in [3.63, 3.8) is 0 Å². The van der Waals surface area contributed by atoms with Crippen LogP contribution in [-0.2, 0) is 6.42 Å². The summed E-state index contributed by atoms with van der Waals surface area (Å²) in [6.07, 6.45) is 8.24. The zero-order valence-corrected chi connectivity index (χ0v) is 16.6. The Morgan fingerprint density at radius 1 is 1.13 bits per heavy atom. The summed E-state index contributed by atoms with van der Waals surface area (Å²) in [4.78, 5) is 38.8. The first kappa shape index (κ1) is 19.5. The van der Waals surface area contributed by atoms with E-state index in [0.717, 1.165) is 35.2 Å². The van der Waals surface area contributed by atoms with Crippen LogP contribution in [0.1, 0.15) is 41.0 Å². The molecule has 3 aromatic heterocycles. The van der Waals surface area contributed by atoms with Crippen LogP contribution in [0.4, 0.5) is 10.6 Å². The number of rotatable bonds is 4. The number of urea groups is 1. The topological polar surface area (TPSA) is 114 Å². The summed E-state index contributed by atoms with van der Waals surface area (Å²) in [6.45, 7) is 2.45. The molecular weight excluding hydrogens is 380 g/mol. The van der Waals surface area contributed by atoms with Crippen molar-refractivity contribution in [2.24, 2.45) is 5.73 Å². The van der Waals surface area contributed by atoms with Gasteiger partial charge in [-0.1, -0.05) is 6.07 Å². The van der Waals surface area contributed by atoms with Crippen molar-refractivity contribution in [1.82, 2.24) is 20.3 Å². The second-order valence-electron chi connectivity index (χ2n) is 7.21. The number of hydrogen-bond donors (Lipinski definition) is 2. The number of anilines is 1. The first-order valence-electron chi connectivity index (χ1n) is 9.76. The van der Waals surface area contributed by atoms with Crippen molar-refractivity contribution in [3.8, 4) is 11.1 Å². The normalized spacial score (nSPS) is 14.0. The molecular formula is C22H22N6O2. The van der Waals surface area contributed by atoms with E-state index in [9.17, 15) is 9.59 Å². The van der Waals surface area contributed by atoms with E-state index >= 15 is 0 Å². The zero-order valence-electron chi connectivity index (χ0n) is 16.6. The Morgan fingerprint density at radius 3 is 2.73 bits per heavy atom. The average molecular weight is 402 g/mol. The maximum atomic E-state index is 12.7. The fraction of sp³-hybridized carbons (Fsp3) is 0.227. The van der Waals surface area contributed by atoms with Gasteiger partial charge in [-0.2, -0.15) is 0 Å². The first-order chi connectivity index (χ1) is 14.5. The molecule has 4 heterocycles. The Morgan fingerprint density at radius 2 is 1.97 bits per heavy atom. The van der Waals surface area contributed by atoms with Crippen LogP contribution in [0.2, 0.25) is 0 Å². The Kier molecular flexibility index (Phi) is 5.38. The van der Waals surface area contributed by atoms with Gasteiger partial charge in [-0.3, -0.25) is 19.7 Å². The molecule has 1 aliphatic rings. The van der Waals surface area contributed by atoms with E-state index in [4.69, 9.17) is 5.73 Å². The van der Waals surface area contributed by atoms with Gasteiger partial charge in [0.1, 0.15) is 5.82 Å². The third-order valence-corrected chi connectivity index (χ3v) is 5.11. The van der Waals surface area contributed by atoms with Crippen LogP contribution in [0.3, 0.4) is 0 Å². The van der Waals surface area contributed by atoms with Gasteiger partial charge >= 0.3 is 6.03 Å². The molecule has 1 aliphatic heterocycles. The third kappa shape index (κ3) is 3.98. The lowest BCUT2D eigenvalue weighted by Crippen LogP contribution is -2.40. The lowest BCUT2D eigenvalue weighted by molar-refractivity contribution is 0.0938. The van der Waals surface area contributed by atoms with Gasteiger partial charge in [-0.25, -0.2) is 9.78 Å². The monoisotopic (exact) mass is 402 g/mol. The van der Waals surface area contributed by atoms with Gasteiger partial charge in [-0.05, 0) is 49.6 Å². The van der Waals surface area contributed by atoms with E-state index in [1.807, 2.05) is 31.2 Å². The van der Waals surface area contributed by atoms with Crippen molar-refractivity contribution >= 4 is 17.8 Å². The molecule has 152 valence electrons. The summed E-state index contributed by atoms with van der Waals surface area (Å²) in [5, 5.41) is 2.94. The van der Waals surface area contributed by atoms with Crippen LogP contribution in [0, 0.1) is 0 Å². The van der Waals surface area contributed by atoms with Crippen LogP contribution >= 0.6 is 0 Å². The van der Waals surface area contributed by atoms with Gasteiger partial charge in [-0.15, -0.1) is 0 Å². The lowest BCUT2D eigenvalue weighted by Gasteiger charge is -2.26. The molecule has 8 nitrogen and oxygen atoms in total. The minimum absolute atomic E-state index is 0.228. The van der Waals surface area contributed by atoms with Gasteiger partial charge in [0.25, 0.3) is 5.91 Å². The minimum atomic E-state index is -0.501. The lowest BCUT2D eigenvalue weighted by atomic mass is 10.0. The SMILES string of the molecule is CC(NC(=O)c1cncc(-c2cnc3c(c2)CCCN3C(N)=O)c1)c1ccccn1. The minimum Gasteiger partial charge on any atom is -0.351 e. The van der Waals surface area contributed by atoms with Gasteiger partial charge in [0.2, 0.25) is 0 Å². The molecule has 0 aromatic carbocycles. The zero-order chi connectivity index (χ0) is 21.1. The highest BCUT2D eigenvalue weighted by molar-refractivity contribution is 5.95. The Bertz CT molecular complexity index is 1090. The molecule has 0 spiro atoms. The van der Waals surface area contributed by atoms with E-state index in [2.05, 4.69) is 20.3 Å². The molecule has 8 heteroatoms. The van der Waals surface area contributed by atoms with E-state index in [1.165, 1.54) is 11.1 Å². The number of aromatic nitrogens is 3. The molecule has 30 heavy (non-hydrogen) atoms. The summed E-state index contributed by atoms with van der Waals surface area (Å²) >= 11 is 0. The Hall–Kier alpha value is -3.81. The van der Waals surface area contributed by atoms with E-state index < -0.39 is 6.03 Å². The maximum absolute atomic E-state index is 12.7. The maximum Gasteiger partial charge on any atom is 0.320 e. The molecule has 0 bridgehead atoms. The number of primary amides is 1. The smallest absolute Gasteiger partial charge is 0.320 e. The van der Waals surface area contributed by atoms with Crippen molar-refractivity contribution in [1.29, 1.82) is 0 Å². The van der Waals surface area contributed by atoms with Gasteiger partial charge in [0.05, 0.1) is 17.3 Å². The van der Waals surface area contributed by atoms with Crippen LogP contribution in [-0.4, -0.2) is 33.4 Å². The second kappa shape index (κ2) is 8.28. The second-order valence-corrected chi connectivity index (χ2v) is 7.21. The molecule has 1 unspecified atom stereocenters. The molecule has 0 saturated carbocycles. The van der Waals surface area contributed by atoms with Gasteiger partial charge in [0, 0.05) is 42.5 Å². The van der Waals surface area contributed by atoms with Crippen LogP contribution < -0.4 is 16.0 Å². The summed E-state index contributed by atoms with van der Waals surface area (Å²) in [7, 11) is 0.